The summed E-state index contributed by atoms with van der Waals surface area (Å²) in [5, 5.41) is 9.17. The largest absolute Gasteiger partial charge is 0.493 e. The highest BCUT2D eigenvalue weighted by molar-refractivity contribution is 5.70. The Morgan fingerprint density at radius 1 is 1.35 bits per heavy atom. The van der Waals surface area contributed by atoms with Gasteiger partial charge in [-0.05, 0) is 37.4 Å². The minimum atomic E-state index is -0.651. The van der Waals surface area contributed by atoms with Crippen molar-refractivity contribution in [2.24, 2.45) is 5.92 Å². The number of likely N-dealkylation sites (tertiary alicyclic amines) is 1. The summed E-state index contributed by atoms with van der Waals surface area (Å²) in [6.45, 7) is 3.42. The van der Waals surface area contributed by atoms with Crippen molar-refractivity contribution in [1.29, 1.82) is 0 Å². The van der Waals surface area contributed by atoms with Crippen molar-refractivity contribution in [3.05, 3.63) is 29.8 Å². The van der Waals surface area contributed by atoms with Gasteiger partial charge in [0, 0.05) is 19.0 Å². The van der Waals surface area contributed by atoms with E-state index in [4.69, 9.17) is 4.74 Å². The molecule has 0 aromatic heterocycles. The molecule has 0 saturated carbocycles. The minimum Gasteiger partial charge on any atom is -0.493 e. The highest BCUT2D eigenvalue weighted by Gasteiger charge is 2.29. The van der Waals surface area contributed by atoms with Crippen molar-refractivity contribution in [2.75, 3.05) is 26.2 Å². The number of aliphatic carboxylic acids is 1. The van der Waals surface area contributed by atoms with Crippen LogP contribution in [0.1, 0.15) is 30.7 Å². The van der Waals surface area contributed by atoms with Crippen molar-refractivity contribution in [3.63, 3.8) is 0 Å². The monoisotopic (exact) mass is 275 g/mol. The maximum Gasteiger partial charge on any atom is 0.307 e. The van der Waals surface area contributed by atoms with Gasteiger partial charge in [-0.25, -0.2) is 0 Å². The first kappa shape index (κ1) is 13.4. The molecule has 2 atom stereocenters. The highest BCUT2D eigenvalue weighted by Crippen LogP contribution is 2.34. The van der Waals surface area contributed by atoms with E-state index in [9.17, 15) is 9.90 Å². The molecule has 1 saturated heterocycles. The van der Waals surface area contributed by atoms with Gasteiger partial charge in [-0.1, -0.05) is 18.2 Å². The number of carboxylic acid groups (broad SMARTS) is 1. The van der Waals surface area contributed by atoms with Crippen LogP contribution < -0.4 is 4.74 Å². The Morgan fingerprint density at radius 2 is 2.20 bits per heavy atom. The number of hydrogen-bond acceptors (Lipinski definition) is 3. The van der Waals surface area contributed by atoms with Crippen molar-refractivity contribution in [3.8, 4) is 5.75 Å². The Balaban J connectivity index is 1.68. The lowest BCUT2D eigenvalue weighted by Crippen LogP contribution is -2.41. The number of para-hydroxylation sites is 1. The van der Waals surface area contributed by atoms with Crippen molar-refractivity contribution >= 4 is 5.97 Å². The van der Waals surface area contributed by atoms with Crippen molar-refractivity contribution in [2.45, 2.75) is 25.2 Å². The fraction of sp³-hybridized carbons (Fsp3) is 0.562. The molecule has 0 radical (unpaired) electrons. The van der Waals surface area contributed by atoms with Gasteiger partial charge in [0.05, 0.1) is 12.5 Å². The predicted molar refractivity (Wildman–Crippen MR) is 76.1 cm³/mol. The minimum absolute atomic E-state index is 0.196. The van der Waals surface area contributed by atoms with E-state index in [1.54, 1.807) is 0 Å². The van der Waals surface area contributed by atoms with Gasteiger partial charge in [0.15, 0.2) is 0 Å². The summed E-state index contributed by atoms with van der Waals surface area (Å²) in [5.74, 6) is 0.615. The van der Waals surface area contributed by atoms with E-state index < -0.39 is 5.97 Å². The van der Waals surface area contributed by atoms with Gasteiger partial charge >= 0.3 is 5.97 Å². The number of fused-ring (bicyclic) bond motifs is 1. The summed E-state index contributed by atoms with van der Waals surface area (Å²) in [5.41, 5.74) is 1.27. The molecule has 1 unspecified atom stereocenters. The average Bonchev–Trinajstić information content (AvgIpc) is 2.48. The zero-order valence-corrected chi connectivity index (χ0v) is 11.6. The number of nitrogens with zero attached hydrogens (tertiary/aromatic N) is 1. The standard InChI is InChI=1S/C16H21NO3/c18-16(19)13-4-3-8-17(11-13)10-12-7-9-20-15-6-2-1-5-14(12)15/h1-2,5-6,12-13H,3-4,7-11H2,(H,18,19)/t12?,13-/m1/s1. The molecule has 0 aliphatic carbocycles. The summed E-state index contributed by atoms with van der Waals surface area (Å²) < 4.78 is 5.69. The normalized spacial score (nSPS) is 26.6. The summed E-state index contributed by atoms with van der Waals surface area (Å²) in [6.07, 6.45) is 2.82. The number of carboxylic acids is 1. The van der Waals surface area contributed by atoms with Crippen LogP contribution in [-0.2, 0) is 4.79 Å². The molecule has 2 aliphatic rings. The molecule has 1 N–H and O–H groups in total. The molecular formula is C16H21NO3. The Labute approximate surface area is 119 Å². The van der Waals surface area contributed by atoms with Crippen LogP contribution in [0.25, 0.3) is 0 Å². The summed E-state index contributed by atoms with van der Waals surface area (Å²) >= 11 is 0. The van der Waals surface area contributed by atoms with E-state index in [0.29, 0.717) is 12.5 Å². The molecule has 0 amide bonds. The first-order chi connectivity index (χ1) is 9.74. The van der Waals surface area contributed by atoms with Crippen LogP contribution in [0, 0.1) is 5.92 Å². The van der Waals surface area contributed by atoms with E-state index in [1.165, 1.54) is 5.56 Å². The quantitative estimate of drug-likeness (QED) is 0.920. The van der Waals surface area contributed by atoms with Crippen molar-refractivity contribution in [1.82, 2.24) is 4.90 Å². The van der Waals surface area contributed by atoms with Crippen LogP contribution in [0.2, 0.25) is 0 Å². The SMILES string of the molecule is O=C(O)[C@@H]1CCCN(CC2CCOc3ccccc32)C1. The molecule has 0 spiro atoms. The Bertz CT molecular complexity index is 488. The van der Waals surface area contributed by atoms with Crippen LogP contribution in [0.4, 0.5) is 0 Å². The molecule has 20 heavy (non-hydrogen) atoms. The summed E-state index contributed by atoms with van der Waals surface area (Å²) in [7, 11) is 0. The molecule has 1 fully saturated rings. The van der Waals surface area contributed by atoms with E-state index in [-0.39, 0.29) is 5.92 Å². The van der Waals surface area contributed by atoms with Gasteiger partial charge in [-0.15, -0.1) is 0 Å². The predicted octanol–water partition coefficient (Wildman–Crippen LogP) is 2.35. The molecule has 0 bridgehead atoms. The van der Waals surface area contributed by atoms with Crippen LogP contribution in [0.3, 0.4) is 0 Å². The van der Waals surface area contributed by atoms with Gasteiger partial charge in [-0.3, -0.25) is 4.79 Å². The molecule has 1 aromatic rings. The van der Waals surface area contributed by atoms with Gasteiger partial charge in [0.2, 0.25) is 0 Å². The first-order valence-electron chi connectivity index (χ1n) is 7.41. The summed E-state index contributed by atoms with van der Waals surface area (Å²) in [4.78, 5) is 13.5. The molecule has 4 heteroatoms. The number of hydrogen-bond donors (Lipinski definition) is 1. The van der Waals surface area contributed by atoms with Gasteiger partial charge in [0.1, 0.15) is 5.75 Å². The van der Waals surface area contributed by atoms with E-state index >= 15 is 0 Å². The van der Waals surface area contributed by atoms with Crippen molar-refractivity contribution < 1.29 is 14.6 Å². The zero-order valence-electron chi connectivity index (χ0n) is 11.6. The summed E-state index contributed by atoms with van der Waals surface area (Å²) in [6, 6.07) is 8.22. The van der Waals surface area contributed by atoms with Crippen LogP contribution >= 0.6 is 0 Å². The maximum atomic E-state index is 11.1. The molecule has 2 heterocycles. The molecule has 2 aliphatic heterocycles. The number of carbonyl (C=O) groups is 1. The second-order valence-electron chi connectivity index (χ2n) is 5.81. The molecule has 108 valence electrons. The second kappa shape index (κ2) is 5.83. The average molecular weight is 275 g/mol. The lowest BCUT2D eigenvalue weighted by molar-refractivity contribution is -0.143. The second-order valence-corrected chi connectivity index (χ2v) is 5.81. The molecule has 1 aromatic carbocycles. The number of benzene rings is 1. The Kier molecular flexibility index (Phi) is 3.92. The van der Waals surface area contributed by atoms with Crippen LogP contribution in [0.15, 0.2) is 24.3 Å². The third-order valence-corrected chi connectivity index (χ3v) is 4.42. The van der Waals surface area contributed by atoms with Crippen LogP contribution in [0.5, 0.6) is 5.75 Å². The maximum absolute atomic E-state index is 11.1. The van der Waals surface area contributed by atoms with Crippen LogP contribution in [-0.4, -0.2) is 42.2 Å². The topological polar surface area (TPSA) is 49.8 Å². The first-order valence-corrected chi connectivity index (χ1v) is 7.41. The van der Waals surface area contributed by atoms with E-state index in [1.807, 2.05) is 12.1 Å². The Hall–Kier alpha value is -1.55. The van der Waals surface area contributed by atoms with Gasteiger partial charge in [-0.2, -0.15) is 0 Å². The lowest BCUT2D eigenvalue weighted by Gasteiger charge is -2.35. The fourth-order valence-corrected chi connectivity index (χ4v) is 3.34. The number of ether oxygens (including phenoxy) is 1. The third kappa shape index (κ3) is 2.80. The smallest absolute Gasteiger partial charge is 0.307 e. The number of piperidine rings is 1. The van der Waals surface area contributed by atoms with E-state index in [0.717, 1.165) is 44.7 Å². The van der Waals surface area contributed by atoms with Gasteiger partial charge < -0.3 is 14.7 Å². The lowest BCUT2D eigenvalue weighted by atomic mass is 9.91. The molecule has 3 rings (SSSR count). The van der Waals surface area contributed by atoms with Gasteiger partial charge in [0.25, 0.3) is 0 Å². The Morgan fingerprint density at radius 3 is 3.05 bits per heavy atom. The molecular weight excluding hydrogens is 254 g/mol. The number of rotatable bonds is 3. The van der Waals surface area contributed by atoms with E-state index in [2.05, 4.69) is 17.0 Å². The molecule has 4 nitrogen and oxygen atoms in total. The highest BCUT2D eigenvalue weighted by atomic mass is 16.5. The third-order valence-electron chi connectivity index (χ3n) is 4.42. The fourth-order valence-electron chi connectivity index (χ4n) is 3.34. The zero-order chi connectivity index (χ0) is 13.9.